The van der Waals surface area contributed by atoms with E-state index in [-0.39, 0.29) is 22.4 Å². The summed E-state index contributed by atoms with van der Waals surface area (Å²) in [6.07, 6.45) is 0. The van der Waals surface area contributed by atoms with E-state index in [2.05, 4.69) is 5.32 Å². The van der Waals surface area contributed by atoms with Gasteiger partial charge in [-0.25, -0.2) is 17.9 Å². The van der Waals surface area contributed by atoms with Crippen LogP contribution in [0.4, 0.5) is 15.8 Å². The molecule has 0 aliphatic carbocycles. The van der Waals surface area contributed by atoms with Gasteiger partial charge in [0.25, 0.3) is 0 Å². The van der Waals surface area contributed by atoms with Crippen LogP contribution in [0.1, 0.15) is 18.5 Å². The molecule has 1 unspecified atom stereocenters. The van der Waals surface area contributed by atoms with Crippen LogP contribution in [0.25, 0.3) is 0 Å². The maximum atomic E-state index is 13.2. The zero-order valence-corrected chi connectivity index (χ0v) is 12.2. The first-order valence-electron chi connectivity index (χ1n) is 6.21. The zero-order valence-electron chi connectivity index (χ0n) is 11.4. The number of nitrogens with one attached hydrogen (secondary N) is 1. The highest BCUT2D eigenvalue weighted by molar-refractivity contribution is 7.89. The van der Waals surface area contributed by atoms with E-state index in [1.807, 2.05) is 6.92 Å². The number of sulfonamides is 1. The van der Waals surface area contributed by atoms with E-state index in [9.17, 15) is 12.8 Å². The summed E-state index contributed by atoms with van der Waals surface area (Å²) < 4.78 is 35.7. The molecule has 21 heavy (non-hydrogen) atoms. The fraction of sp³-hybridized carbons (Fsp3) is 0.143. The number of benzene rings is 2. The van der Waals surface area contributed by atoms with Gasteiger partial charge in [-0.05, 0) is 42.8 Å². The molecule has 0 aliphatic rings. The number of rotatable bonds is 4. The Hall–Kier alpha value is -2.12. The van der Waals surface area contributed by atoms with Crippen molar-refractivity contribution in [3.05, 3.63) is 53.8 Å². The largest absolute Gasteiger partial charge is 0.398 e. The number of halogens is 1. The third-order valence-electron chi connectivity index (χ3n) is 3.05. The SMILES string of the molecule is CC(Nc1ccc(S(N)(=O)=O)c(N)c1)c1cccc(F)c1. The van der Waals surface area contributed by atoms with E-state index in [0.29, 0.717) is 5.69 Å². The van der Waals surface area contributed by atoms with Gasteiger partial charge in [-0.2, -0.15) is 0 Å². The Bertz CT molecular complexity index is 763. The molecule has 0 amide bonds. The van der Waals surface area contributed by atoms with Crippen molar-refractivity contribution in [1.29, 1.82) is 0 Å². The number of hydrogen-bond acceptors (Lipinski definition) is 4. The summed E-state index contributed by atoms with van der Waals surface area (Å²) in [5, 5.41) is 8.17. The fourth-order valence-corrected chi connectivity index (χ4v) is 2.65. The lowest BCUT2D eigenvalue weighted by molar-refractivity contribution is 0.598. The molecule has 0 spiro atoms. The minimum absolute atomic E-state index is 0.0638. The van der Waals surface area contributed by atoms with Gasteiger partial charge < -0.3 is 11.1 Å². The average molecular weight is 309 g/mol. The number of hydrogen-bond donors (Lipinski definition) is 3. The lowest BCUT2D eigenvalue weighted by atomic mass is 10.1. The lowest BCUT2D eigenvalue weighted by Gasteiger charge is -2.16. The highest BCUT2D eigenvalue weighted by Gasteiger charge is 2.13. The maximum Gasteiger partial charge on any atom is 0.240 e. The van der Waals surface area contributed by atoms with E-state index < -0.39 is 10.0 Å². The van der Waals surface area contributed by atoms with Gasteiger partial charge in [0, 0.05) is 11.7 Å². The van der Waals surface area contributed by atoms with Crippen molar-refractivity contribution in [3.63, 3.8) is 0 Å². The Labute approximate surface area is 122 Å². The van der Waals surface area contributed by atoms with E-state index in [4.69, 9.17) is 10.9 Å². The molecule has 0 saturated carbocycles. The van der Waals surface area contributed by atoms with Gasteiger partial charge in [0.05, 0.1) is 5.69 Å². The summed E-state index contributed by atoms with van der Waals surface area (Å²) in [5.41, 5.74) is 7.14. The first kappa shape index (κ1) is 15.3. The molecule has 0 heterocycles. The standard InChI is InChI=1S/C14H16FN3O2S/c1-9(10-3-2-4-11(15)7-10)18-12-5-6-14(13(16)8-12)21(17,19)20/h2-9,18H,16H2,1H3,(H2,17,19,20). The Morgan fingerprint density at radius 2 is 1.90 bits per heavy atom. The summed E-state index contributed by atoms with van der Waals surface area (Å²) >= 11 is 0. The monoisotopic (exact) mass is 309 g/mol. The summed E-state index contributed by atoms with van der Waals surface area (Å²) in [6.45, 7) is 1.86. The van der Waals surface area contributed by atoms with Crippen LogP contribution in [-0.4, -0.2) is 8.42 Å². The summed E-state index contributed by atoms with van der Waals surface area (Å²) in [6, 6.07) is 10.4. The van der Waals surface area contributed by atoms with Crippen LogP contribution in [-0.2, 0) is 10.0 Å². The third-order valence-corrected chi connectivity index (χ3v) is 4.03. The van der Waals surface area contributed by atoms with Gasteiger partial charge in [-0.15, -0.1) is 0 Å². The summed E-state index contributed by atoms with van der Waals surface area (Å²) in [7, 11) is -3.84. The van der Waals surface area contributed by atoms with Crippen molar-refractivity contribution in [2.75, 3.05) is 11.1 Å². The molecule has 5 nitrogen and oxygen atoms in total. The van der Waals surface area contributed by atoms with Crippen molar-refractivity contribution in [1.82, 2.24) is 0 Å². The molecule has 7 heteroatoms. The maximum absolute atomic E-state index is 13.2. The topological polar surface area (TPSA) is 98.2 Å². The van der Waals surface area contributed by atoms with Crippen LogP contribution in [0.3, 0.4) is 0 Å². The predicted molar refractivity (Wildman–Crippen MR) is 80.7 cm³/mol. The van der Waals surface area contributed by atoms with Gasteiger partial charge in [-0.1, -0.05) is 12.1 Å². The van der Waals surface area contributed by atoms with Gasteiger partial charge in [0.15, 0.2) is 0 Å². The van der Waals surface area contributed by atoms with Crippen LogP contribution in [0.5, 0.6) is 0 Å². The van der Waals surface area contributed by atoms with Crippen LogP contribution in [0, 0.1) is 5.82 Å². The Balaban J connectivity index is 2.23. The van der Waals surface area contributed by atoms with Crippen LogP contribution < -0.4 is 16.2 Å². The Morgan fingerprint density at radius 1 is 1.19 bits per heavy atom. The van der Waals surface area contributed by atoms with Crippen molar-refractivity contribution in [3.8, 4) is 0 Å². The summed E-state index contributed by atoms with van der Waals surface area (Å²) in [4.78, 5) is -0.119. The molecule has 0 aliphatic heterocycles. The molecule has 1 atom stereocenters. The second-order valence-electron chi connectivity index (χ2n) is 4.72. The van der Waals surface area contributed by atoms with Crippen LogP contribution in [0.2, 0.25) is 0 Å². The summed E-state index contributed by atoms with van der Waals surface area (Å²) in [5.74, 6) is -0.315. The van der Waals surface area contributed by atoms with Crippen molar-refractivity contribution in [2.45, 2.75) is 17.9 Å². The number of anilines is 2. The van der Waals surface area contributed by atoms with Gasteiger partial charge in [0.1, 0.15) is 10.7 Å². The minimum atomic E-state index is -3.84. The van der Waals surface area contributed by atoms with Crippen LogP contribution >= 0.6 is 0 Å². The van der Waals surface area contributed by atoms with Crippen LogP contribution in [0.15, 0.2) is 47.4 Å². The molecule has 0 aromatic heterocycles. The highest BCUT2D eigenvalue weighted by Crippen LogP contribution is 2.25. The molecule has 2 rings (SSSR count). The second-order valence-corrected chi connectivity index (χ2v) is 6.25. The first-order valence-corrected chi connectivity index (χ1v) is 7.76. The minimum Gasteiger partial charge on any atom is -0.398 e. The molecule has 0 radical (unpaired) electrons. The van der Waals surface area contributed by atoms with E-state index in [1.165, 1.54) is 24.3 Å². The van der Waals surface area contributed by atoms with Gasteiger partial charge >= 0.3 is 0 Å². The second kappa shape index (κ2) is 5.71. The highest BCUT2D eigenvalue weighted by atomic mass is 32.2. The molecule has 0 fully saturated rings. The fourth-order valence-electron chi connectivity index (χ4n) is 2.01. The van der Waals surface area contributed by atoms with E-state index in [1.54, 1.807) is 18.2 Å². The Kier molecular flexibility index (Phi) is 4.15. The number of nitrogens with two attached hydrogens (primary N) is 2. The quantitative estimate of drug-likeness (QED) is 0.754. The third kappa shape index (κ3) is 3.71. The average Bonchev–Trinajstić information content (AvgIpc) is 2.37. The molecular weight excluding hydrogens is 293 g/mol. The molecule has 112 valence electrons. The smallest absolute Gasteiger partial charge is 0.240 e. The molecule has 5 N–H and O–H groups in total. The molecule has 0 bridgehead atoms. The first-order chi connectivity index (χ1) is 9.77. The molecule has 2 aromatic rings. The molecule has 0 saturated heterocycles. The van der Waals surface area contributed by atoms with E-state index in [0.717, 1.165) is 5.56 Å². The zero-order chi connectivity index (χ0) is 15.6. The van der Waals surface area contributed by atoms with Crippen molar-refractivity contribution in [2.24, 2.45) is 5.14 Å². The van der Waals surface area contributed by atoms with Crippen molar-refractivity contribution >= 4 is 21.4 Å². The lowest BCUT2D eigenvalue weighted by Crippen LogP contribution is -2.15. The van der Waals surface area contributed by atoms with Crippen molar-refractivity contribution < 1.29 is 12.8 Å². The number of primary sulfonamides is 1. The van der Waals surface area contributed by atoms with E-state index >= 15 is 0 Å². The molecule has 2 aromatic carbocycles. The Morgan fingerprint density at radius 3 is 2.48 bits per heavy atom. The predicted octanol–water partition coefficient (Wildman–Crippen LogP) is 2.23. The molecular formula is C14H16FN3O2S. The normalized spacial score (nSPS) is 12.9. The number of nitrogen functional groups attached to an aromatic ring is 1. The van der Waals surface area contributed by atoms with Gasteiger partial charge in [0.2, 0.25) is 10.0 Å². The van der Waals surface area contributed by atoms with Gasteiger partial charge in [-0.3, -0.25) is 0 Å².